The Morgan fingerprint density at radius 3 is 2.32 bits per heavy atom. The standard InChI is InChI=1S/C18H31N/c1-2-3-4-5-6-7-8-9-13-17-15-16-12-10-11-14-18(16)19-17/h15,19H,2-14H2,1H3. The number of unbranched alkanes of at least 4 members (excludes halogenated alkanes) is 7. The van der Waals surface area contributed by atoms with Crippen LogP contribution < -0.4 is 0 Å². The van der Waals surface area contributed by atoms with E-state index in [1.165, 1.54) is 89.2 Å². The fourth-order valence-corrected chi connectivity index (χ4v) is 3.25. The molecule has 2 rings (SSSR count). The summed E-state index contributed by atoms with van der Waals surface area (Å²) >= 11 is 0. The number of hydrogen-bond donors (Lipinski definition) is 1. The normalized spacial score (nSPS) is 14.6. The summed E-state index contributed by atoms with van der Waals surface area (Å²) in [6, 6.07) is 2.44. The molecule has 1 aromatic heterocycles. The predicted molar refractivity (Wildman–Crippen MR) is 83.7 cm³/mol. The van der Waals surface area contributed by atoms with E-state index in [-0.39, 0.29) is 0 Å². The van der Waals surface area contributed by atoms with Crippen LogP contribution in [-0.2, 0) is 19.3 Å². The van der Waals surface area contributed by atoms with E-state index in [9.17, 15) is 0 Å². The largest absolute Gasteiger partial charge is 0.362 e. The molecule has 0 unspecified atom stereocenters. The number of fused-ring (bicyclic) bond motifs is 1. The molecule has 1 aromatic rings. The molecule has 1 heteroatoms. The fraction of sp³-hybridized carbons (Fsp3) is 0.778. The van der Waals surface area contributed by atoms with Gasteiger partial charge in [0.25, 0.3) is 0 Å². The topological polar surface area (TPSA) is 15.8 Å². The van der Waals surface area contributed by atoms with E-state index in [0.717, 1.165) is 0 Å². The van der Waals surface area contributed by atoms with Gasteiger partial charge in [-0.05, 0) is 50.2 Å². The first-order chi connectivity index (χ1) is 9.40. The highest BCUT2D eigenvalue weighted by molar-refractivity contribution is 5.28. The molecule has 0 saturated carbocycles. The zero-order valence-electron chi connectivity index (χ0n) is 12.8. The molecular weight excluding hydrogens is 230 g/mol. The van der Waals surface area contributed by atoms with Crippen molar-refractivity contribution in [3.63, 3.8) is 0 Å². The first-order valence-corrected chi connectivity index (χ1v) is 8.60. The lowest BCUT2D eigenvalue weighted by Crippen LogP contribution is -1.99. The van der Waals surface area contributed by atoms with Crippen LogP contribution in [0.5, 0.6) is 0 Å². The van der Waals surface area contributed by atoms with E-state index in [2.05, 4.69) is 18.0 Å². The van der Waals surface area contributed by atoms with Crippen molar-refractivity contribution in [2.45, 2.75) is 90.4 Å². The fourth-order valence-electron chi connectivity index (χ4n) is 3.25. The minimum atomic E-state index is 1.27. The molecule has 108 valence electrons. The number of H-pyrrole nitrogens is 1. The van der Waals surface area contributed by atoms with Gasteiger partial charge in [-0.1, -0.05) is 51.9 Å². The molecule has 19 heavy (non-hydrogen) atoms. The lowest BCUT2D eigenvalue weighted by atomic mass is 9.98. The summed E-state index contributed by atoms with van der Waals surface area (Å²) in [5.74, 6) is 0. The Hall–Kier alpha value is -0.720. The molecule has 0 radical (unpaired) electrons. The Labute approximate surface area is 119 Å². The van der Waals surface area contributed by atoms with Crippen LogP contribution in [-0.4, -0.2) is 4.98 Å². The van der Waals surface area contributed by atoms with Crippen molar-refractivity contribution < 1.29 is 0 Å². The van der Waals surface area contributed by atoms with Gasteiger partial charge < -0.3 is 4.98 Å². The molecule has 0 bridgehead atoms. The predicted octanol–water partition coefficient (Wildman–Crippen LogP) is 5.58. The highest BCUT2D eigenvalue weighted by Crippen LogP contribution is 2.22. The summed E-state index contributed by atoms with van der Waals surface area (Å²) in [5.41, 5.74) is 4.65. The SMILES string of the molecule is CCCCCCCCCCc1cc2c([nH]1)CCCC2. The first-order valence-electron chi connectivity index (χ1n) is 8.60. The van der Waals surface area contributed by atoms with Crippen LogP contribution in [0.4, 0.5) is 0 Å². The Kier molecular flexibility index (Phi) is 6.53. The van der Waals surface area contributed by atoms with Crippen molar-refractivity contribution in [1.82, 2.24) is 4.98 Å². The molecule has 0 amide bonds. The average molecular weight is 261 g/mol. The van der Waals surface area contributed by atoms with E-state index in [1.54, 1.807) is 11.3 Å². The lowest BCUT2D eigenvalue weighted by molar-refractivity contribution is 0.574. The summed E-state index contributed by atoms with van der Waals surface area (Å²) in [6.07, 6.45) is 18.0. The van der Waals surface area contributed by atoms with Gasteiger partial charge in [-0.25, -0.2) is 0 Å². The monoisotopic (exact) mass is 261 g/mol. The molecule has 0 fully saturated rings. The van der Waals surface area contributed by atoms with Crippen molar-refractivity contribution >= 4 is 0 Å². The van der Waals surface area contributed by atoms with E-state index in [4.69, 9.17) is 0 Å². The van der Waals surface area contributed by atoms with Crippen LogP contribution in [0.2, 0.25) is 0 Å². The van der Waals surface area contributed by atoms with Crippen LogP contribution in [0.25, 0.3) is 0 Å². The van der Waals surface area contributed by atoms with E-state index in [0.29, 0.717) is 0 Å². The number of hydrogen-bond acceptors (Lipinski definition) is 0. The summed E-state index contributed by atoms with van der Waals surface area (Å²) < 4.78 is 0. The molecule has 1 aliphatic carbocycles. The number of aromatic nitrogens is 1. The molecule has 0 aliphatic heterocycles. The number of rotatable bonds is 9. The van der Waals surface area contributed by atoms with Crippen LogP contribution >= 0.6 is 0 Å². The van der Waals surface area contributed by atoms with Crippen molar-refractivity contribution in [2.75, 3.05) is 0 Å². The third-order valence-electron chi connectivity index (χ3n) is 4.47. The Bertz CT molecular complexity index is 327. The van der Waals surface area contributed by atoms with Gasteiger partial charge in [-0.2, -0.15) is 0 Å². The Balaban J connectivity index is 1.54. The molecule has 0 aromatic carbocycles. The van der Waals surface area contributed by atoms with Gasteiger partial charge in [0.2, 0.25) is 0 Å². The van der Waals surface area contributed by atoms with Gasteiger partial charge >= 0.3 is 0 Å². The number of nitrogens with one attached hydrogen (secondary N) is 1. The number of aryl methyl sites for hydroxylation is 3. The van der Waals surface area contributed by atoms with Crippen LogP contribution in [0.3, 0.4) is 0 Å². The third-order valence-corrected chi connectivity index (χ3v) is 4.47. The maximum atomic E-state index is 3.65. The molecule has 0 saturated heterocycles. The summed E-state index contributed by atoms with van der Waals surface area (Å²) in [5, 5.41) is 0. The Morgan fingerprint density at radius 1 is 0.895 bits per heavy atom. The molecule has 1 nitrogen and oxygen atoms in total. The maximum Gasteiger partial charge on any atom is 0.0181 e. The highest BCUT2D eigenvalue weighted by Gasteiger charge is 2.11. The summed E-state index contributed by atoms with van der Waals surface area (Å²) in [6.45, 7) is 2.29. The number of aromatic amines is 1. The smallest absolute Gasteiger partial charge is 0.0181 e. The average Bonchev–Trinajstić information content (AvgIpc) is 2.84. The van der Waals surface area contributed by atoms with Gasteiger partial charge in [-0.3, -0.25) is 0 Å². The zero-order valence-corrected chi connectivity index (χ0v) is 12.8. The molecular formula is C18H31N. The van der Waals surface area contributed by atoms with Crippen molar-refractivity contribution in [1.29, 1.82) is 0 Å². The van der Waals surface area contributed by atoms with E-state index in [1.807, 2.05) is 0 Å². The molecule has 0 spiro atoms. The van der Waals surface area contributed by atoms with Gasteiger partial charge in [0, 0.05) is 11.4 Å². The van der Waals surface area contributed by atoms with Crippen LogP contribution in [0.1, 0.15) is 88.1 Å². The van der Waals surface area contributed by atoms with Gasteiger partial charge in [-0.15, -0.1) is 0 Å². The molecule has 1 heterocycles. The minimum absolute atomic E-state index is 1.27. The van der Waals surface area contributed by atoms with Gasteiger partial charge in [0.15, 0.2) is 0 Å². The van der Waals surface area contributed by atoms with Crippen molar-refractivity contribution in [3.05, 3.63) is 23.0 Å². The lowest BCUT2D eigenvalue weighted by Gasteiger charge is -2.09. The maximum absolute atomic E-state index is 3.65. The second-order valence-electron chi connectivity index (χ2n) is 6.23. The second kappa shape index (κ2) is 8.45. The second-order valence-corrected chi connectivity index (χ2v) is 6.23. The highest BCUT2D eigenvalue weighted by atomic mass is 14.7. The van der Waals surface area contributed by atoms with Crippen molar-refractivity contribution in [2.24, 2.45) is 0 Å². The van der Waals surface area contributed by atoms with Crippen LogP contribution in [0, 0.1) is 0 Å². The molecule has 1 N–H and O–H groups in total. The first kappa shape index (κ1) is 14.7. The molecule has 1 aliphatic rings. The van der Waals surface area contributed by atoms with E-state index >= 15 is 0 Å². The van der Waals surface area contributed by atoms with E-state index < -0.39 is 0 Å². The third kappa shape index (κ3) is 5.04. The van der Waals surface area contributed by atoms with Gasteiger partial charge in [0.1, 0.15) is 0 Å². The Morgan fingerprint density at radius 2 is 1.58 bits per heavy atom. The quantitative estimate of drug-likeness (QED) is 0.559. The van der Waals surface area contributed by atoms with Gasteiger partial charge in [0.05, 0.1) is 0 Å². The molecule has 0 atom stereocenters. The minimum Gasteiger partial charge on any atom is -0.362 e. The summed E-state index contributed by atoms with van der Waals surface area (Å²) in [7, 11) is 0. The van der Waals surface area contributed by atoms with Crippen molar-refractivity contribution in [3.8, 4) is 0 Å². The van der Waals surface area contributed by atoms with Crippen LogP contribution in [0.15, 0.2) is 6.07 Å². The zero-order chi connectivity index (χ0) is 13.3. The summed E-state index contributed by atoms with van der Waals surface area (Å²) in [4.78, 5) is 3.65.